The van der Waals surface area contributed by atoms with E-state index in [2.05, 4.69) is 20.6 Å². The van der Waals surface area contributed by atoms with Gasteiger partial charge >= 0.3 is 0 Å². The number of hydrogen-bond donors (Lipinski definition) is 3. The monoisotopic (exact) mass is 399 g/mol. The molecular formula is C20H22ClN5O2. The molecule has 7 nitrogen and oxygen atoms in total. The first-order valence-corrected chi connectivity index (χ1v) is 9.79. The second-order valence-corrected chi connectivity index (χ2v) is 7.27. The van der Waals surface area contributed by atoms with Crippen LogP contribution < -0.4 is 16.2 Å². The van der Waals surface area contributed by atoms with Crippen molar-refractivity contribution in [2.24, 2.45) is 0 Å². The summed E-state index contributed by atoms with van der Waals surface area (Å²) in [6.07, 6.45) is 3.70. The molecule has 3 aromatic rings. The zero-order chi connectivity index (χ0) is 19.5. The van der Waals surface area contributed by atoms with E-state index in [4.69, 9.17) is 11.6 Å². The summed E-state index contributed by atoms with van der Waals surface area (Å²) in [6, 6.07) is 9.28. The van der Waals surface area contributed by atoms with Crippen molar-refractivity contribution in [2.75, 3.05) is 25.0 Å². The van der Waals surface area contributed by atoms with E-state index in [1.165, 1.54) is 4.57 Å². The topological polar surface area (TPSA) is 92.1 Å². The van der Waals surface area contributed by atoms with E-state index in [1.807, 2.05) is 18.2 Å². The molecule has 3 heterocycles. The first kappa shape index (κ1) is 18.9. The van der Waals surface area contributed by atoms with Crippen LogP contribution in [0.4, 0.5) is 5.95 Å². The molecule has 1 aliphatic heterocycles. The van der Waals surface area contributed by atoms with Crippen molar-refractivity contribution in [3.63, 3.8) is 0 Å². The summed E-state index contributed by atoms with van der Waals surface area (Å²) in [7, 11) is 0. The predicted molar refractivity (Wildman–Crippen MR) is 111 cm³/mol. The molecule has 0 unspecified atom stereocenters. The van der Waals surface area contributed by atoms with Crippen LogP contribution in [-0.4, -0.2) is 45.4 Å². The van der Waals surface area contributed by atoms with Gasteiger partial charge in [0.05, 0.1) is 13.2 Å². The fourth-order valence-electron chi connectivity index (χ4n) is 3.56. The molecule has 2 aromatic heterocycles. The summed E-state index contributed by atoms with van der Waals surface area (Å²) in [5.41, 5.74) is 1.39. The first-order valence-electron chi connectivity index (χ1n) is 9.41. The Bertz CT molecular complexity index is 1050. The molecule has 1 saturated heterocycles. The fraction of sp³-hybridized carbons (Fsp3) is 0.350. The molecular weight excluding hydrogens is 378 g/mol. The van der Waals surface area contributed by atoms with Gasteiger partial charge < -0.3 is 15.7 Å². The van der Waals surface area contributed by atoms with Crippen LogP contribution in [0.1, 0.15) is 12.8 Å². The van der Waals surface area contributed by atoms with Crippen molar-refractivity contribution in [3.05, 3.63) is 51.9 Å². The Balaban J connectivity index is 1.81. The van der Waals surface area contributed by atoms with Crippen LogP contribution in [0.2, 0.25) is 5.02 Å². The average Bonchev–Trinajstić information content (AvgIpc) is 2.71. The van der Waals surface area contributed by atoms with E-state index in [9.17, 15) is 9.90 Å². The number of anilines is 1. The second kappa shape index (κ2) is 8.26. The van der Waals surface area contributed by atoms with Crippen LogP contribution in [0.25, 0.3) is 22.2 Å². The van der Waals surface area contributed by atoms with E-state index >= 15 is 0 Å². The maximum atomic E-state index is 13.1. The van der Waals surface area contributed by atoms with Crippen molar-refractivity contribution in [1.29, 1.82) is 0 Å². The Morgan fingerprint density at radius 1 is 1.25 bits per heavy atom. The van der Waals surface area contributed by atoms with E-state index in [1.54, 1.807) is 18.3 Å². The van der Waals surface area contributed by atoms with Crippen LogP contribution in [0, 0.1) is 0 Å². The van der Waals surface area contributed by atoms with Crippen LogP contribution in [-0.2, 0) is 6.54 Å². The van der Waals surface area contributed by atoms with Gasteiger partial charge in [-0.15, -0.1) is 0 Å². The molecule has 146 valence electrons. The summed E-state index contributed by atoms with van der Waals surface area (Å²) in [6.45, 7) is 1.91. The normalized spacial score (nSPS) is 15.1. The Morgan fingerprint density at radius 2 is 2.04 bits per heavy atom. The highest BCUT2D eigenvalue weighted by Gasteiger charge is 2.17. The molecule has 0 aliphatic carbocycles. The average molecular weight is 400 g/mol. The third-order valence-electron chi connectivity index (χ3n) is 4.99. The number of aliphatic hydroxyl groups excluding tert-OH is 1. The molecule has 0 bridgehead atoms. The van der Waals surface area contributed by atoms with Crippen LogP contribution >= 0.6 is 11.6 Å². The molecule has 0 radical (unpaired) electrons. The predicted octanol–water partition coefficient (Wildman–Crippen LogP) is 2.27. The molecule has 0 atom stereocenters. The van der Waals surface area contributed by atoms with E-state index in [0.29, 0.717) is 33.8 Å². The van der Waals surface area contributed by atoms with Crippen molar-refractivity contribution in [3.8, 4) is 11.1 Å². The van der Waals surface area contributed by atoms with Gasteiger partial charge in [0.25, 0.3) is 5.56 Å². The largest absolute Gasteiger partial charge is 0.395 e. The molecule has 28 heavy (non-hydrogen) atoms. The van der Waals surface area contributed by atoms with Crippen LogP contribution in [0.5, 0.6) is 0 Å². The summed E-state index contributed by atoms with van der Waals surface area (Å²) in [4.78, 5) is 22.1. The van der Waals surface area contributed by atoms with Crippen LogP contribution in [0.15, 0.2) is 41.3 Å². The maximum Gasteiger partial charge on any atom is 0.260 e. The highest BCUT2D eigenvalue weighted by molar-refractivity contribution is 6.33. The zero-order valence-corrected chi connectivity index (χ0v) is 16.1. The quantitative estimate of drug-likeness (QED) is 0.609. The van der Waals surface area contributed by atoms with Gasteiger partial charge in [-0.05, 0) is 38.1 Å². The van der Waals surface area contributed by atoms with Gasteiger partial charge in [0.2, 0.25) is 5.95 Å². The number of benzene rings is 1. The lowest BCUT2D eigenvalue weighted by Gasteiger charge is -2.23. The number of hydrogen-bond acceptors (Lipinski definition) is 6. The number of aliphatic hydroxyl groups is 1. The van der Waals surface area contributed by atoms with Crippen molar-refractivity contribution in [2.45, 2.75) is 25.4 Å². The summed E-state index contributed by atoms with van der Waals surface area (Å²) in [5, 5.41) is 17.4. The summed E-state index contributed by atoms with van der Waals surface area (Å²) in [5.74, 6) is 0.496. The first-order chi connectivity index (χ1) is 13.7. The molecule has 0 amide bonds. The van der Waals surface area contributed by atoms with E-state index < -0.39 is 0 Å². The maximum absolute atomic E-state index is 13.1. The summed E-state index contributed by atoms with van der Waals surface area (Å²) >= 11 is 6.30. The lowest BCUT2D eigenvalue weighted by atomic mass is 10.1. The molecule has 1 aliphatic rings. The standard InChI is InChI=1S/C20H22ClN5O2/c21-17-4-2-1-3-15(17)16-11-13-12-23-20(24-14-5-7-22-8-6-14)25-18(13)26(9-10-27)19(16)28/h1-4,11-12,14,22,27H,5-10H2,(H,23,24,25). The number of nitrogens with zero attached hydrogens (tertiary/aromatic N) is 3. The van der Waals surface area contributed by atoms with Gasteiger partial charge in [-0.3, -0.25) is 9.36 Å². The minimum Gasteiger partial charge on any atom is -0.395 e. The highest BCUT2D eigenvalue weighted by atomic mass is 35.5. The molecule has 8 heteroatoms. The van der Waals surface area contributed by atoms with Crippen molar-refractivity contribution < 1.29 is 5.11 Å². The fourth-order valence-corrected chi connectivity index (χ4v) is 3.79. The molecule has 1 aromatic carbocycles. The number of nitrogens with one attached hydrogen (secondary N) is 2. The molecule has 3 N–H and O–H groups in total. The SMILES string of the molecule is O=c1c(-c2ccccc2Cl)cc2cnc(NC3CCNCC3)nc2n1CCO. The smallest absolute Gasteiger partial charge is 0.260 e. The molecule has 4 rings (SSSR count). The Labute approximate surface area is 167 Å². The van der Waals surface area contributed by atoms with E-state index in [-0.39, 0.29) is 18.7 Å². The lowest BCUT2D eigenvalue weighted by molar-refractivity contribution is 0.276. The number of halogens is 1. The van der Waals surface area contributed by atoms with Gasteiger partial charge in [-0.2, -0.15) is 4.98 Å². The molecule has 0 saturated carbocycles. The van der Waals surface area contributed by atoms with Gasteiger partial charge in [-0.1, -0.05) is 29.8 Å². The van der Waals surface area contributed by atoms with E-state index in [0.717, 1.165) is 31.3 Å². The number of pyridine rings is 1. The lowest BCUT2D eigenvalue weighted by Crippen LogP contribution is -2.35. The Kier molecular flexibility index (Phi) is 5.57. The minimum absolute atomic E-state index is 0.150. The second-order valence-electron chi connectivity index (χ2n) is 6.86. The van der Waals surface area contributed by atoms with Crippen molar-refractivity contribution >= 4 is 28.6 Å². The number of aromatic nitrogens is 3. The summed E-state index contributed by atoms with van der Waals surface area (Å²) < 4.78 is 1.49. The number of rotatable bonds is 5. The highest BCUT2D eigenvalue weighted by Crippen LogP contribution is 2.27. The van der Waals surface area contributed by atoms with Gasteiger partial charge in [-0.25, -0.2) is 4.98 Å². The Hall–Kier alpha value is -2.48. The van der Waals surface area contributed by atoms with Gasteiger partial charge in [0, 0.05) is 33.8 Å². The third kappa shape index (κ3) is 3.73. The third-order valence-corrected chi connectivity index (χ3v) is 5.32. The van der Waals surface area contributed by atoms with Crippen LogP contribution in [0.3, 0.4) is 0 Å². The van der Waals surface area contributed by atoms with Gasteiger partial charge in [0.15, 0.2) is 0 Å². The van der Waals surface area contributed by atoms with Gasteiger partial charge in [0.1, 0.15) is 5.65 Å². The molecule has 1 fully saturated rings. The Morgan fingerprint density at radius 3 is 2.79 bits per heavy atom. The molecule has 0 spiro atoms. The number of piperidine rings is 1. The number of fused-ring (bicyclic) bond motifs is 1. The minimum atomic E-state index is -0.235. The zero-order valence-electron chi connectivity index (χ0n) is 15.4. The van der Waals surface area contributed by atoms with Crippen molar-refractivity contribution in [1.82, 2.24) is 19.9 Å².